The van der Waals surface area contributed by atoms with E-state index >= 15 is 0 Å². The van der Waals surface area contributed by atoms with Crippen LogP contribution in [0.1, 0.15) is 133 Å². The van der Waals surface area contributed by atoms with Gasteiger partial charge in [-0.1, -0.05) is 58.4 Å². The van der Waals surface area contributed by atoms with Gasteiger partial charge in [-0.25, -0.2) is 4.79 Å². The molecule has 2 unspecified atom stereocenters. The summed E-state index contributed by atoms with van der Waals surface area (Å²) in [4.78, 5) is 41.2. The lowest BCUT2D eigenvalue weighted by Gasteiger charge is -2.37. The number of hydrogen-bond acceptors (Lipinski definition) is 10. The van der Waals surface area contributed by atoms with Crippen molar-refractivity contribution in [2.45, 2.75) is 168 Å². The third-order valence-electron chi connectivity index (χ3n) is 7.70. The van der Waals surface area contributed by atoms with Crippen LogP contribution >= 0.6 is 0 Å². The zero-order valence-corrected chi connectivity index (χ0v) is 29.5. The Morgan fingerprint density at radius 1 is 0.822 bits per heavy atom. The molecule has 0 aliphatic carbocycles. The summed E-state index contributed by atoms with van der Waals surface area (Å²) in [5.74, 6) is -6.69. The summed E-state index contributed by atoms with van der Waals surface area (Å²) in [6, 6.07) is 0. The molecular formula is C35H60O10. The molecule has 2 saturated heterocycles. The molecule has 0 aromatic carbocycles. The molecule has 2 heterocycles. The highest BCUT2D eigenvalue weighted by molar-refractivity contribution is 5.93. The minimum absolute atomic E-state index is 0.212. The molecule has 1 N–H and O–H groups in total. The monoisotopic (exact) mass is 640 g/mol. The number of unbranched alkanes of at least 4 members (excludes halogenated alkanes) is 6. The van der Waals surface area contributed by atoms with Crippen molar-refractivity contribution in [3.63, 3.8) is 0 Å². The second-order valence-electron chi connectivity index (χ2n) is 15.5. The maximum absolute atomic E-state index is 14.1. The third-order valence-corrected chi connectivity index (χ3v) is 7.70. The Morgan fingerprint density at radius 3 is 1.84 bits per heavy atom. The van der Waals surface area contributed by atoms with Gasteiger partial charge in [-0.05, 0) is 74.3 Å². The first-order valence-corrected chi connectivity index (χ1v) is 16.7. The average Bonchev–Trinajstić information content (AvgIpc) is 3.50. The number of carbonyl (C=O) groups is 3. The molecule has 45 heavy (non-hydrogen) atoms. The van der Waals surface area contributed by atoms with Gasteiger partial charge in [-0.15, -0.1) is 0 Å². The predicted octanol–water partition coefficient (Wildman–Crippen LogP) is 6.55. The fourth-order valence-electron chi connectivity index (χ4n) is 5.77. The zero-order valence-electron chi connectivity index (χ0n) is 29.5. The Bertz CT molecular complexity index is 1010. The molecule has 2 rings (SSSR count). The van der Waals surface area contributed by atoms with Crippen molar-refractivity contribution < 1.29 is 47.9 Å². The number of aliphatic hydroxyl groups is 1. The molecule has 2 aliphatic rings. The number of esters is 3. The van der Waals surface area contributed by atoms with Gasteiger partial charge in [0.2, 0.25) is 0 Å². The van der Waals surface area contributed by atoms with E-state index in [1.807, 2.05) is 0 Å². The van der Waals surface area contributed by atoms with Gasteiger partial charge in [-0.3, -0.25) is 9.59 Å². The van der Waals surface area contributed by atoms with Gasteiger partial charge in [-0.2, -0.15) is 0 Å². The minimum Gasteiger partial charge on any atom is -0.460 e. The molecule has 0 bridgehead atoms. The second kappa shape index (κ2) is 15.7. The van der Waals surface area contributed by atoms with Crippen LogP contribution in [0, 0.1) is 11.8 Å². The van der Waals surface area contributed by atoms with E-state index < -0.39 is 70.6 Å². The molecule has 0 saturated carbocycles. The van der Waals surface area contributed by atoms with Crippen LogP contribution in [0.25, 0.3) is 0 Å². The van der Waals surface area contributed by atoms with E-state index in [-0.39, 0.29) is 12.0 Å². The number of ether oxygens (including phenoxy) is 6. The molecule has 0 spiro atoms. The van der Waals surface area contributed by atoms with Gasteiger partial charge >= 0.3 is 17.9 Å². The van der Waals surface area contributed by atoms with E-state index in [9.17, 15) is 19.5 Å². The van der Waals surface area contributed by atoms with Crippen LogP contribution in [0.5, 0.6) is 0 Å². The summed E-state index contributed by atoms with van der Waals surface area (Å²) in [5, 5.41) is 12.2. The Hall–Kier alpha value is -2.01. The molecule has 0 aromatic heterocycles. The molecule has 2 aliphatic heterocycles. The van der Waals surface area contributed by atoms with Crippen LogP contribution in [0.4, 0.5) is 0 Å². The Morgan fingerprint density at radius 2 is 1.33 bits per heavy atom. The smallest absolute Gasteiger partial charge is 0.340 e. The summed E-state index contributed by atoms with van der Waals surface area (Å²) < 4.78 is 35.1. The topological polar surface area (TPSA) is 127 Å². The van der Waals surface area contributed by atoms with Crippen LogP contribution in [-0.4, -0.2) is 70.7 Å². The molecule has 0 amide bonds. The van der Waals surface area contributed by atoms with Crippen molar-refractivity contribution in [2.24, 2.45) is 11.8 Å². The first-order valence-electron chi connectivity index (χ1n) is 16.7. The Kier molecular flexibility index (Phi) is 13.7. The highest BCUT2D eigenvalue weighted by Gasteiger charge is 2.67. The first-order chi connectivity index (χ1) is 20.6. The van der Waals surface area contributed by atoms with E-state index in [0.29, 0.717) is 19.6 Å². The maximum Gasteiger partial charge on any atom is 0.340 e. The van der Waals surface area contributed by atoms with E-state index in [1.165, 1.54) is 19.3 Å². The lowest BCUT2D eigenvalue weighted by Crippen LogP contribution is -2.54. The second-order valence-corrected chi connectivity index (χ2v) is 15.5. The lowest BCUT2D eigenvalue weighted by molar-refractivity contribution is -0.234. The molecule has 4 atom stereocenters. The maximum atomic E-state index is 14.1. The Labute approximate surface area is 270 Å². The van der Waals surface area contributed by atoms with Crippen molar-refractivity contribution in [1.29, 1.82) is 0 Å². The first kappa shape index (κ1) is 39.2. The van der Waals surface area contributed by atoms with Crippen LogP contribution in [0.2, 0.25) is 0 Å². The summed E-state index contributed by atoms with van der Waals surface area (Å²) in [7, 11) is 0. The van der Waals surface area contributed by atoms with Crippen molar-refractivity contribution in [3.05, 3.63) is 12.2 Å². The molecule has 0 radical (unpaired) electrons. The standard InChI is InChI=1S/C35H60O10/c1-12-13-14-15-16-17-18-19-25(29-40-20-21-41-29)24(2)35(39)22-26(28(37)43-32(6,7)8)34(45-35,30(38)44-33(9,10)11)23-27(36)42-31(3,4)5/h25-26,29,39H,2,12-23H2,1,3-11H3/t25?,26-,34-,35?/m1/s1. The lowest BCUT2D eigenvalue weighted by atomic mass is 9.80. The third kappa shape index (κ3) is 11.9. The number of hydrogen-bond donors (Lipinski definition) is 1. The van der Waals surface area contributed by atoms with Gasteiger partial charge in [0.25, 0.3) is 0 Å². The summed E-state index contributed by atoms with van der Waals surface area (Å²) in [6.45, 7) is 22.4. The van der Waals surface area contributed by atoms with E-state index in [0.717, 1.165) is 25.7 Å². The van der Waals surface area contributed by atoms with Gasteiger partial charge in [0.05, 0.1) is 19.6 Å². The molecule has 10 nitrogen and oxygen atoms in total. The van der Waals surface area contributed by atoms with Crippen LogP contribution in [0.15, 0.2) is 12.2 Å². The van der Waals surface area contributed by atoms with Crippen LogP contribution in [-0.2, 0) is 42.8 Å². The molecule has 0 aromatic rings. The summed E-state index contributed by atoms with van der Waals surface area (Å²) >= 11 is 0. The van der Waals surface area contributed by atoms with Crippen LogP contribution in [0.3, 0.4) is 0 Å². The number of rotatable bonds is 15. The molecule has 10 heteroatoms. The summed E-state index contributed by atoms with van der Waals surface area (Å²) in [6.07, 6.45) is 6.51. The van der Waals surface area contributed by atoms with Gasteiger partial charge in [0, 0.05) is 12.3 Å². The highest BCUT2D eigenvalue weighted by atomic mass is 16.7. The SMILES string of the molecule is C=C(C(CCCCCCCCC)C1OCCO1)C1(O)C[C@H](C(=O)OC(C)(C)C)[C@](CC(=O)OC(C)(C)C)(C(=O)OC(C)(C)C)O1. The van der Waals surface area contributed by atoms with Crippen molar-refractivity contribution >= 4 is 17.9 Å². The van der Waals surface area contributed by atoms with E-state index in [2.05, 4.69) is 13.5 Å². The minimum atomic E-state index is -2.25. The quantitative estimate of drug-likeness (QED) is 0.0911. The van der Waals surface area contributed by atoms with Crippen LogP contribution < -0.4 is 0 Å². The number of carbonyl (C=O) groups excluding carboxylic acids is 3. The molecule has 260 valence electrons. The van der Waals surface area contributed by atoms with Gasteiger partial charge in [0.1, 0.15) is 22.7 Å². The van der Waals surface area contributed by atoms with Crippen molar-refractivity contribution in [2.75, 3.05) is 13.2 Å². The fraction of sp³-hybridized carbons (Fsp3) is 0.857. The van der Waals surface area contributed by atoms with E-state index in [4.69, 9.17) is 28.4 Å². The van der Waals surface area contributed by atoms with Crippen molar-refractivity contribution in [3.8, 4) is 0 Å². The molecular weight excluding hydrogens is 580 g/mol. The van der Waals surface area contributed by atoms with Gasteiger partial charge in [0.15, 0.2) is 17.7 Å². The fourth-order valence-corrected chi connectivity index (χ4v) is 5.77. The average molecular weight is 641 g/mol. The van der Waals surface area contributed by atoms with Gasteiger partial charge < -0.3 is 33.5 Å². The Balaban J connectivity index is 2.52. The van der Waals surface area contributed by atoms with Crippen molar-refractivity contribution in [1.82, 2.24) is 0 Å². The largest absolute Gasteiger partial charge is 0.460 e. The summed E-state index contributed by atoms with van der Waals surface area (Å²) in [5.41, 5.74) is -4.85. The predicted molar refractivity (Wildman–Crippen MR) is 170 cm³/mol. The molecule has 2 fully saturated rings. The zero-order chi connectivity index (χ0) is 34.3. The highest BCUT2D eigenvalue weighted by Crippen LogP contribution is 2.51. The van der Waals surface area contributed by atoms with E-state index in [1.54, 1.807) is 62.3 Å². The normalized spacial score (nSPS) is 25.2.